The molecule has 1 aliphatic rings. The fraction of sp³-hybridized carbons (Fsp3) is 0.348. The van der Waals surface area contributed by atoms with Crippen LogP contribution in [0.15, 0.2) is 57.9 Å². The fourth-order valence-electron chi connectivity index (χ4n) is 4.06. The summed E-state index contributed by atoms with van der Waals surface area (Å²) in [5.74, 6) is -0.0698. The second-order valence-corrected chi connectivity index (χ2v) is 7.91. The van der Waals surface area contributed by atoms with Gasteiger partial charge in [-0.1, -0.05) is 12.1 Å². The minimum Gasteiger partial charge on any atom is -0.468 e. The molecule has 1 aromatic carbocycles. The second-order valence-electron chi connectivity index (χ2n) is 7.91. The molecule has 33 heavy (non-hydrogen) atoms. The minimum atomic E-state index is -4.62. The molecular weight excluding hydrogens is 437 g/mol. The van der Waals surface area contributed by atoms with Gasteiger partial charge >= 0.3 is 6.18 Å². The number of amides is 1. The summed E-state index contributed by atoms with van der Waals surface area (Å²) in [7, 11) is 0. The molecule has 0 radical (unpaired) electrons. The number of aromatic nitrogens is 2. The Bertz CT molecular complexity index is 1180. The molecule has 1 saturated heterocycles. The lowest BCUT2D eigenvalue weighted by Gasteiger charge is -2.26. The van der Waals surface area contributed by atoms with Gasteiger partial charge in [-0.05, 0) is 57.1 Å². The molecule has 7 nitrogen and oxygen atoms in total. The van der Waals surface area contributed by atoms with Gasteiger partial charge in [-0.2, -0.15) is 18.3 Å². The number of halogens is 3. The van der Waals surface area contributed by atoms with Crippen molar-refractivity contribution in [1.82, 2.24) is 20.0 Å². The molecule has 174 valence electrons. The highest BCUT2D eigenvalue weighted by molar-refractivity contribution is 5.92. The van der Waals surface area contributed by atoms with Crippen LogP contribution in [-0.4, -0.2) is 40.2 Å². The van der Waals surface area contributed by atoms with Gasteiger partial charge in [-0.25, -0.2) is 4.68 Å². The largest absolute Gasteiger partial charge is 0.468 e. The maximum atomic E-state index is 13.5. The smallest absolute Gasteiger partial charge is 0.418 e. The van der Waals surface area contributed by atoms with Crippen molar-refractivity contribution in [2.24, 2.45) is 0 Å². The molecule has 4 rings (SSSR count). The van der Waals surface area contributed by atoms with Crippen molar-refractivity contribution in [3.63, 3.8) is 0 Å². The number of aryl methyl sites for hydroxylation is 1. The highest BCUT2D eigenvalue weighted by atomic mass is 19.4. The standard InChI is InChI=1S/C23H23F3N4O3/c1-15-13-19(31)21(28-30(15)17-8-3-2-7-16(17)23(24,25)26)22(32)27-14-18(20-9-6-12-33-20)29-10-4-5-11-29/h2-3,6-9,12-13,18H,4-5,10-11,14H2,1H3,(H,27,32)/t18-/m0/s1. The van der Waals surface area contributed by atoms with Gasteiger partial charge in [0.2, 0.25) is 5.43 Å². The van der Waals surface area contributed by atoms with Gasteiger partial charge in [0.05, 0.1) is 23.6 Å². The second kappa shape index (κ2) is 9.22. The van der Waals surface area contributed by atoms with Gasteiger partial charge in [0, 0.05) is 18.3 Å². The molecule has 2 aromatic heterocycles. The molecule has 0 bridgehead atoms. The molecule has 1 amide bonds. The van der Waals surface area contributed by atoms with Crippen molar-refractivity contribution in [3.05, 3.63) is 81.7 Å². The zero-order valence-corrected chi connectivity index (χ0v) is 17.9. The SMILES string of the molecule is Cc1cc(=O)c(C(=O)NC[C@@H](c2ccco2)N2CCCC2)nn1-c1ccccc1C(F)(F)F. The quantitative estimate of drug-likeness (QED) is 0.607. The predicted molar refractivity (Wildman–Crippen MR) is 114 cm³/mol. The maximum absolute atomic E-state index is 13.5. The Hall–Kier alpha value is -3.40. The number of nitrogens with zero attached hydrogens (tertiary/aromatic N) is 3. The van der Waals surface area contributed by atoms with Crippen LogP contribution in [0, 0.1) is 6.92 Å². The highest BCUT2D eigenvalue weighted by Gasteiger charge is 2.34. The summed E-state index contributed by atoms with van der Waals surface area (Å²) in [6, 6.07) is 9.36. The van der Waals surface area contributed by atoms with Gasteiger partial charge in [0.15, 0.2) is 5.69 Å². The lowest BCUT2D eigenvalue weighted by molar-refractivity contribution is -0.137. The van der Waals surface area contributed by atoms with E-state index in [0.29, 0.717) is 5.76 Å². The molecule has 0 spiro atoms. The van der Waals surface area contributed by atoms with Crippen molar-refractivity contribution in [1.29, 1.82) is 0 Å². The van der Waals surface area contributed by atoms with Crippen molar-refractivity contribution in [3.8, 4) is 5.69 Å². The third kappa shape index (κ3) is 4.85. The lowest BCUT2D eigenvalue weighted by atomic mass is 10.1. The van der Waals surface area contributed by atoms with Crippen molar-refractivity contribution in [2.75, 3.05) is 19.6 Å². The third-order valence-electron chi connectivity index (χ3n) is 5.67. The molecular formula is C23H23F3N4O3. The summed E-state index contributed by atoms with van der Waals surface area (Å²) in [6.07, 6.45) is -0.997. The van der Waals surface area contributed by atoms with Crippen molar-refractivity contribution >= 4 is 5.91 Å². The predicted octanol–water partition coefficient (Wildman–Crippen LogP) is 3.72. The molecule has 1 aliphatic heterocycles. The number of carbonyl (C=O) groups excluding carboxylic acids is 1. The summed E-state index contributed by atoms with van der Waals surface area (Å²) >= 11 is 0. The third-order valence-corrected chi connectivity index (χ3v) is 5.67. The molecule has 1 atom stereocenters. The number of likely N-dealkylation sites (tertiary alicyclic amines) is 1. The van der Waals surface area contributed by atoms with Crippen LogP contribution in [0.5, 0.6) is 0 Å². The Morgan fingerprint density at radius 2 is 1.91 bits per heavy atom. The van der Waals surface area contributed by atoms with Gasteiger partial charge in [0.25, 0.3) is 5.91 Å². The van der Waals surface area contributed by atoms with Crippen LogP contribution in [0.4, 0.5) is 13.2 Å². The molecule has 3 aromatic rings. The van der Waals surface area contributed by atoms with E-state index in [-0.39, 0.29) is 24.0 Å². The van der Waals surface area contributed by atoms with Crippen LogP contribution in [0.3, 0.4) is 0 Å². The van der Waals surface area contributed by atoms with E-state index in [2.05, 4.69) is 15.3 Å². The van der Waals surface area contributed by atoms with E-state index in [1.54, 1.807) is 12.3 Å². The minimum absolute atomic E-state index is 0.167. The van der Waals surface area contributed by atoms with E-state index in [9.17, 15) is 22.8 Å². The highest BCUT2D eigenvalue weighted by Crippen LogP contribution is 2.33. The Morgan fingerprint density at radius 1 is 1.18 bits per heavy atom. The molecule has 0 saturated carbocycles. The Kier molecular flexibility index (Phi) is 6.37. The summed E-state index contributed by atoms with van der Waals surface area (Å²) < 4.78 is 47.0. The van der Waals surface area contributed by atoms with E-state index in [0.717, 1.165) is 42.7 Å². The van der Waals surface area contributed by atoms with E-state index in [4.69, 9.17) is 4.42 Å². The number of nitrogens with one attached hydrogen (secondary N) is 1. The number of hydrogen-bond acceptors (Lipinski definition) is 5. The Morgan fingerprint density at radius 3 is 2.58 bits per heavy atom. The van der Waals surface area contributed by atoms with E-state index < -0.39 is 28.8 Å². The lowest BCUT2D eigenvalue weighted by Crippen LogP contribution is -2.39. The average Bonchev–Trinajstić information content (AvgIpc) is 3.48. The number of furan rings is 1. The summed E-state index contributed by atoms with van der Waals surface area (Å²) in [5, 5.41) is 6.72. The van der Waals surface area contributed by atoms with Crippen LogP contribution >= 0.6 is 0 Å². The summed E-state index contributed by atoms with van der Waals surface area (Å²) in [4.78, 5) is 27.5. The molecule has 1 fully saturated rings. The molecule has 0 aliphatic carbocycles. The Labute approximate surface area is 187 Å². The first-order chi connectivity index (χ1) is 15.8. The van der Waals surface area contributed by atoms with Gasteiger partial charge in [-0.15, -0.1) is 0 Å². The van der Waals surface area contributed by atoms with Crippen LogP contribution in [0.1, 0.15) is 46.4 Å². The topological polar surface area (TPSA) is 80.4 Å². The van der Waals surface area contributed by atoms with Crippen LogP contribution < -0.4 is 10.7 Å². The van der Waals surface area contributed by atoms with E-state index in [1.165, 1.54) is 25.1 Å². The maximum Gasteiger partial charge on any atom is 0.418 e. The number of rotatable bonds is 6. The molecule has 3 heterocycles. The van der Waals surface area contributed by atoms with Crippen molar-refractivity contribution in [2.45, 2.75) is 32.0 Å². The first kappa shape index (κ1) is 22.8. The van der Waals surface area contributed by atoms with E-state index >= 15 is 0 Å². The fourth-order valence-corrected chi connectivity index (χ4v) is 4.06. The summed E-state index contributed by atoms with van der Waals surface area (Å²) in [5.41, 5.74) is -2.14. The zero-order chi connectivity index (χ0) is 23.6. The number of hydrogen-bond donors (Lipinski definition) is 1. The van der Waals surface area contributed by atoms with Gasteiger partial charge in [-0.3, -0.25) is 14.5 Å². The van der Waals surface area contributed by atoms with Gasteiger partial charge in [0.1, 0.15) is 5.76 Å². The molecule has 10 heteroatoms. The number of benzene rings is 1. The molecule has 0 unspecified atom stereocenters. The first-order valence-corrected chi connectivity index (χ1v) is 10.6. The van der Waals surface area contributed by atoms with Crippen LogP contribution in [-0.2, 0) is 6.18 Å². The average molecular weight is 460 g/mol. The number of carbonyl (C=O) groups is 1. The summed E-state index contributed by atoms with van der Waals surface area (Å²) in [6.45, 7) is 3.33. The zero-order valence-electron chi connectivity index (χ0n) is 17.9. The van der Waals surface area contributed by atoms with E-state index in [1.807, 2.05) is 6.07 Å². The Balaban J connectivity index is 1.62. The molecule has 1 N–H and O–H groups in total. The number of alkyl halides is 3. The first-order valence-electron chi connectivity index (χ1n) is 10.6. The van der Waals surface area contributed by atoms with Crippen molar-refractivity contribution < 1.29 is 22.4 Å². The monoisotopic (exact) mass is 460 g/mol. The normalized spacial score (nSPS) is 15.5. The van der Waals surface area contributed by atoms with Crippen LogP contribution in [0.2, 0.25) is 0 Å². The number of para-hydroxylation sites is 1. The van der Waals surface area contributed by atoms with Gasteiger partial charge < -0.3 is 9.73 Å². The van der Waals surface area contributed by atoms with Crippen LogP contribution in [0.25, 0.3) is 5.69 Å².